The van der Waals surface area contributed by atoms with Gasteiger partial charge < -0.3 is 5.32 Å². The van der Waals surface area contributed by atoms with Gasteiger partial charge in [0.1, 0.15) is 0 Å². The molecule has 0 atom stereocenters. The fourth-order valence-electron chi connectivity index (χ4n) is 2.47. The van der Waals surface area contributed by atoms with E-state index < -0.39 is 0 Å². The van der Waals surface area contributed by atoms with Gasteiger partial charge in [-0.3, -0.25) is 9.48 Å². The zero-order chi connectivity index (χ0) is 17.1. The van der Waals surface area contributed by atoms with Crippen LogP contribution in [0.15, 0.2) is 18.2 Å². The first kappa shape index (κ1) is 17.8. The molecule has 0 saturated heterocycles. The van der Waals surface area contributed by atoms with Crippen LogP contribution in [0, 0.1) is 19.8 Å². The average Bonchev–Trinajstić information content (AvgIpc) is 2.71. The minimum atomic E-state index is -0.135. The van der Waals surface area contributed by atoms with Crippen molar-refractivity contribution in [1.29, 1.82) is 0 Å². The molecule has 2 aromatic rings. The molecule has 0 aliphatic heterocycles. The van der Waals surface area contributed by atoms with Crippen LogP contribution in [0.5, 0.6) is 0 Å². The van der Waals surface area contributed by atoms with Crippen molar-refractivity contribution in [2.75, 3.05) is 5.32 Å². The van der Waals surface area contributed by atoms with Crippen LogP contribution in [0.2, 0.25) is 10.0 Å². The van der Waals surface area contributed by atoms with E-state index in [1.54, 1.807) is 18.2 Å². The number of nitrogens with zero attached hydrogens (tertiary/aromatic N) is 2. The molecule has 6 heteroatoms. The molecule has 0 fully saturated rings. The predicted octanol–water partition coefficient (Wildman–Crippen LogP) is 4.64. The Balaban J connectivity index is 2.14. The van der Waals surface area contributed by atoms with E-state index in [2.05, 4.69) is 24.3 Å². The predicted molar refractivity (Wildman–Crippen MR) is 95.3 cm³/mol. The van der Waals surface area contributed by atoms with Crippen LogP contribution in [-0.4, -0.2) is 15.7 Å². The first-order valence-electron chi connectivity index (χ1n) is 7.56. The van der Waals surface area contributed by atoms with Gasteiger partial charge in [-0.2, -0.15) is 5.10 Å². The second kappa shape index (κ2) is 7.37. The molecule has 0 saturated carbocycles. The number of hydrogen-bond donors (Lipinski definition) is 1. The molecule has 0 spiro atoms. The number of carbonyl (C=O) groups excluding carboxylic acids is 1. The highest BCUT2D eigenvalue weighted by Crippen LogP contribution is 2.29. The molecule has 1 heterocycles. The van der Waals surface area contributed by atoms with Crippen molar-refractivity contribution in [3.05, 3.63) is 45.2 Å². The number of benzene rings is 1. The van der Waals surface area contributed by atoms with Crippen LogP contribution < -0.4 is 5.32 Å². The topological polar surface area (TPSA) is 46.9 Å². The first-order valence-corrected chi connectivity index (χ1v) is 8.32. The van der Waals surface area contributed by atoms with E-state index in [0.29, 0.717) is 21.7 Å². The number of nitrogens with one attached hydrogen (secondary N) is 1. The van der Waals surface area contributed by atoms with Gasteiger partial charge in [0.25, 0.3) is 0 Å². The third-order valence-corrected chi connectivity index (χ3v) is 4.45. The Morgan fingerprint density at radius 1 is 1.30 bits per heavy atom. The lowest BCUT2D eigenvalue weighted by molar-refractivity contribution is -0.115. The van der Waals surface area contributed by atoms with Gasteiger partial charge in [0.15, 0.2) is 0 Å². The molecular formula is C17H21Cl2N3O. The number of aryl methyl sites for hydroxylation is 1. The zero-order valence-corrected chi connectivity index (χ0v) is 15.3. The summed E-state index contributed by atoms with van der Waals surface area (Å²) in [5, 5.41) is 8.11. The lowest BCUT2D eigenvalue weighted by Gasteiger charge is -2.09. The van der Waals surface area contributed by atoms with E-state index in [1.165, 1.54) is 0 Å². The number of amides is 1. The van der Waals surface area contributed by atoms with Gasteiger partial charge in [-0.05, 0) is 31.9 Å². The maximum atomic E-state index is 12.3. The zero-order valence-electron chi connectivity index (χ0n) is 13.8. The Hall–Kier alpha value is -1.52. The number of halogens is 2. The van der Waals surface area contributed by atoms with E-state index in [9.17, 15) is 4.79 Å². The fourth-order valence-corrected chi connectivity index (χ4v) is 2.82. The standard InChI is InChI=1S/C17H21Cl2N3O/c1-10(2)9-22-12(4)13(11(3)21-22)8-16(23)20-15-7-5-6-14(18)17(15)19/h5-7,10H,8-9H2,1-4H3,(H,20,23). The van der Waals surface area contributed by atoms with Crippen molar-refractivity contribution < 1.29 is 4.79 Å². The minimum absolute atomic E-state index is 0.135. The Kier molecular flexibility index (Phi) is 5.71. The Morgan fingerprint density at radius 3 is 2.65 bits per heavy atom. The maximum Gasteiger partial charge on any atom is 0.228 e. The highest BCUT2D eigenvalue weighted by atomic mass is 35.5. The number of carbonyl (C=O) groups is 1. The molecule has 0 radical (unpaired) electrons. The first-order chi connectivity index (χ1) is 10.8. The summed E-state index contributed by atoms with van der Waals surface area (Å²) in [6, 6.07) is 5.17. The van der Waals surface area contributed by atoms with E-state index in [4.69, 9.17) is 23.2 Å². The van der Waals surface area contributed by atoms with Gasteiger partial charge in [0, 0.05) is 17.8 Å². The molecule has 0 aliphatic carbocycles. The SMILES string of the molecule is Cc1nn(CC(C)C)c(C)c1CC(=O)Nc1cccc(Cl)c1Cl. The summed E-state index contributed by atoms with van der Waals surface area (Å²) < 4.78 is 1.97. The third kappa shape index (κ3) is 4.27. The smallest absolute Gasteiger partial charge is 0.228 e. The number of rotatable bonds is 5. The van der Waals surface area contributed by atoms with Gasteiger partial charge in [0.2, 0.25) is 5.91 Å². The van der Waals surface area contributed by atoms with Gasteiger partial charge in [-0.15, -0.1) is 0 Å². The second-order valence-electron chi connectivity index (χ2n) is 6.05. The normalized spacial score (nSPS) is 11.1. The lowest BCUT2D eigenvalue weighted by atomic mass is 10.1. The highest BCUT2D eigenvalue weighted by molar-refractivity contribution is 6.43. The molecule has 23 heavy (non-hydrogen) atoms. The van der Waals surface area contributed by atoms with Gasteiger partial charge in [-0.25, -0.2) is 0 Å². The highest BCUT2D eigenvalue weighted by Gasteiger charge is 2.16. The molecule has 0 bridgehead atoms. The number of hydrogen-bond acceptors (Lipinski definition) is 2. The van der Waals surface area contributed by atoms with Gasteiger partial charge in [0.05, 0.1) is 27.8 Å². The fraction of sp³-hybridized carbons (Fsp3) is 0.412. The third-order valence-electron chi connectivity index (χ3n) is 3.63. The quantitative estimate of drug-likeness (QED) is 0.850. The molecule has 4 nitrogen and oxygen atoms in total. The maximum absolute atomic E-state index is 12.3. The summed E-state index contributed by atoms with van der Waals surface area (Å²) in [4.78, 5) is 12.3. The monoisotopic (exact) mass is 353 g/mol. The molecule has 2 rings (SSSR count). The van der Waals surface area contributed by atoms with Crippen LogP contribution >= 0.6 is 23.2 Å². The van der Waals surface area contributed by atoms with Crippen molar-refractivity contribution in [2.24, 2.45) is 5.92 Å². The van der Waals surface area contributed by atoms with E-state index in [-0.39, 0.29) is 12.3 Å². The van der Waals surface area contributed by atoms with Crippen molar-refractivity contribution in [3.63, 3.8) is 0 Å². The van der Waals surface area contributed by atoms with E-state index in [0.717, 1.165) is 23.5 Å². The average molecular weight is 354 g/mol. The Labute approximate surface area is 146 Å². The minimum Gasteiger partial charge on any atom is -0.324 e. The van der Waals surface area contributed by atoms with E-state index in [1.807, 2.05) is 18.5 Å². The van der Waals surface area contributed by atoms with E-state index >= 15 is 0 Å². The Morgan fingerprint density at radius 2 is 2.00 bits per heavy atom. The van der Waals surface area contributed by atoms with Crippen molar-refractivity contribution in [3.8, 4) is 0 Å². The van der Waals surface area contributed by atoms with Crippen LogP contribution in [-0.2, 0) is 17.8 Å². The summed E-state index contributed by atoms with van der Waals surface area (Å²) in [7, 11) is 0. The van der Waals surface area contributed by atoms with Crippen molar-refractivity contribution in [2.45, 2.75) is 40.7 Å². The molecule has 124 valence electrons. The second-order valence-corrected chi connectivity index (χ2v) is 6.84. The number of aromatic nitrogens is 2. The van der Waals surface area contributed by atoms with Gasteiger partial charge in [-0.1, -0.05) is 43.1 Å². The van der Waals surface area contributed by atoms with Gasteiger partial charge >= 0.3 is 0 Å². The Bertz CT molecular complexity index is 723. The van der Waals surface area contributed by atoms with Crippen LogP contribution in [0.4, 0.5) is 5.69 Å². The molecular weight excluding hydrogens is 333 g/mol. The van der Waals surface area contributed by atoms with Crippen LogP contribution in [0.1, 0.15) is 30.8 Å². The molecule has 0 unspecified atom stereocenters. The van der Waals surface area contributed by atoms with Crippen molar-refractivity contribution in [1.82, 2.24) is 9.78 Å². The summed E-state index contributed by atoms with van der Waals surface area (Å²) in [6.45, 7) is 9.05. The summed E-state index contributed by atoms with van der Waals surface area (Å²) >= 11 is 12.1. The largest absolute Gasteiger partial charge is 0.324 e. The molecule has 1 N–H and O–H groups in total. The molecule has 1 aromatic carbocycles. The molecule has 1 amide bonds. The summed E-state index contributed by atoms with van der Waals surface area (Å²) in [6.07, 6.45) is 0.263. The lowest BCUT2D eigenvalue weighted by Crippen LogP contribution is -2.16. The van der Waals surface area contributed by atoms with Crippen LogP contribution in [0.3, 0.4) is 0 Å². The number of anilines is 1. The van der Waals surface area contributed by atoms with Crippen molar-refractivity contribution >= 4 is 34.8 Å². The summed E-state index contributed by atoms with van der Waals surface area (Å²) in [5.74, 6) is 0.365. The summed E-state index contributed by atoms with van der Waals surface area (Å²) in [5.41, 5.74) is 3.40. The molecule has 0 aliphatic rings. The van der Waals surface area contributed by atoms with Crippen LogP contribution in [0.25, 0.3) is 0 Å². The molecule has 1 aromatic heterocycles.